The zero-order valence-corrected chi connectivity index (χ0v) is 9.79. The van der Waals surface area contributed by atoms with Crippen LogP contribution in [0.2, 0.25) is 0 Å². The molecule has 1 fully saturated rings. The van der Waals surface area contributed by atoms with E-state index in [2.05, 4.69) is 43.4 Å². The zero-order valence-electron chi connectivity index (χ0n) is 9.79. The summed E-state index contributed by atoms with van der Waals surface area (Å²) in [6.07, 6.45) is 3.97. The van der Waals surface area contributed by atoms with E-state index in [1.807, 2.05) is 0 Å². The third kappa shape index (κ3) is 2.60. The Kier molecular flexibility index (Phi) is 3.42. The van der Waals surface area contributed by atoms with Gasteiger partial charge in [0.05, 0.1) is 0 Å². The molecule has 2 atom stereocenters. The van der Waals surface area contributed by atoms with Gasteiger partial charge in [0.2, 0.25) is 0 Å². The molecule has 1 aromatic rings. The standard InChI is InChI=1S/C14H21N/c1-3-12-7-8-15-14(10-12)13-6-4-5-11(2)9-13/h4-6,9,12,14-15H,3,7-8,10H2,1-2H3. The van der Waals surface area contributed by atoms with Crippen molar-refractivity contribution in [2.45, 2.75) is 39.2 Å². The molecular formula is C14H21N. The molecule has 0 aromatic heterocycles. The molecule has 1 aliphatic rings. The first-order chi connectivity index (χ1) is 7.29. The Bertz CT molecular complexity index is 319. The molecule has 82 valence electrons. The highest BCUT2D eigenvalue weighted by Gasteiger charge is 2.21. The monoisotopic (exact) mass is 203 g/mol. The Morgan fingerprint density at radius 1 is 1.40 bits per heavy atom. The van der Waals surface area contributed by atoms with E-state index < -0.39 is 0 Å². The minimum Gasteiger partial charge on any atom is -0.310 e. The summed E-state index contributed by atoms with van der Waals surface area (Å²) >= 11 is 0. The van der Waals surface area contributed by atoms with Crippen molar-refractivity contribution in [1.82, 2.24) is 5.32 Å². The van der Waals surface area contributed by atoms with E-state index in [4.69, 9.17) is 0 Å². The van der Waals surface area contributed by atoms with Crippen LogP contribution < -0.4 is 5.32 Å². The lowest BCUT2D eigenvalue weighted by Crippen LogP contribution is -2.31. The topological polar surface area (TPSA) is 12.0 Å². The minimum absolute atomic E-state index is 0.587. The Morgan fingerprint density at radius 2 is 2.27 bits per heavy atom. The summed E-state index contributed by atoms with van der Waals surface area (Å²) in [7, 11) is 0. The molecule has 1 aliphatic heterocycles. The van der Waals surface area contributed by atoms with Crippen molar-refractivity contribution in [3.63, 3.8) is 0 Å². The van der Waals surface area contributed by atoms with Gasteiger partial charge in [-0.05, 0) is 37.8 Å². The lowest BCUT2D eigenvalue weighted by atomic mass is 9.87. The quantitative estimate of drug-likeness (QED) is 0.776. The predicted octanol–water partition coefficient (Wildman–Crippen LogP) is 3.45. The summed E-state index contributed by atoms with van der Waals surface area (Å²) in [5.74, 6) is 0.914. The van der Waals surface area contributed by atoms with Gasteiger partial charge in [-0.3, -0.25) is 0 Å². The molecule has 0 saturated carbocycles. The van der Waals surface area contributed by atoms with Gasteiger partial charge in [0.15, 0.2) is 0 Å². The van der Waals surface area contributed by atoms with Crippen LogP contribution in [-0.2, 0) is 0 Å². The van der Waals surface area contributed by atoms with Crippen molar-refractivity contribution in [2.75, 3.05) is 6.54 Å². The number of hydrogen-bond acceptors (Lipinski definition) is 1. The van der Waals surface area contributed by atoms with Gasteiger partial charge in [-0.15, -0.1) is 0 Å². The Labute approximate surface area is 92.9 Å². The smallest absolute Gasteiger partial charge is 0.0322 e. The highest BCUT2D eigenvalue weighted by molar-refractivity contribution is 5.25. The number of nitrogens with one attached hydrogen (secondary N) is 1. The van der Waals surface area contributed by atoms with Crippen molar-refractivity contribution >= 4 is 0 Å². The first-order valence-electron chi connectivity index (χ1n) is 6.09. The molecule has 0 radical (unpaired) electrons. The average Bonchev–Trinajstić information content (AvgIpc) is 2.29. The van der Waals surface area contributed by atoms with Crippen LogP contribution in [0.4, 0.5) is 0 Å². The summed E-state index contributed by atoms with van der Waals surface area (Å²) in [5.41, 5.74) is 2.83. The summed E-state index contributed by atoms with van der Waals surface area (Å²) in [4.78, 5) is 0. The largest absolute Gasteiger partial charge is 0.310 e. The van der Waals surface area contributed by atoms with Crippen LogP contribution in [0.1, 0.15) is 43.4 Å². The second-order valence-electron chi connectivity index (χ2n) is 4.72. The molecule has 0 bridgehead atoms. The molecule has 1 saturated heterocycles. The Morgan fingerprint density at radius 3 is 3.00 bits per heavy atom. The number of benzene rings is 1. The average molecular weight is 203 g/mol. The van der Waals surface area contributed by atoms with Crippen LogP contribution in [0.5, 0.6) is 0 Å². The molecule has 1 heterocycles. The maximum absolute atomic E-state index is 3.63. The highest BCUT2D eigenvalue weighted by Crippen LogP contribution is 2.29. The fourth-order valence-electron chi connectivity index (χ4n) is 2.51. The van der Waals surface area contributed by atoms with Crippen LogP contribution in [0.15, 0.2) is 24.3 Å². The predicted molar refractivity (Wildman–Crippen MR) is 64.9 cm³/mol. The normalized spacial score (nSPS) is 26.5. The molecule has 0 amide bonds. The highest BCUT2D eigenvalue weighted by atomic mass is 14.9. The van der Waals surface area contributed by atoms with Crippen molar-refractivity contribution in [3.05, 3.63) is 35.4 Å². The molecule has 1 aromatic carbocycles. The van der Waals surface area contributed by atoms with Gasteiger partial charge >= 0.3 is 0 Å². The fraction of sp³-hybridized carbons (Fsp3) is 0.571. The van der Waals surface area contributed by atoms with Crippen molar-refractivity contribution in [2.24, 2.45) is 5.92 Å². The van der Waals surface area contributed by atoms with Crippen molar-refractivity contribution in [3.8, 4) is 0 Å². The van der Waals surface area contributed by atoms with Crippen molar-refractivity contribution < 1.29 is 0 Å². The summed E-state index contributed by atoms with van der Waals surface area (Å²) in [6.45, 7) is 5.66. The van der Waals surface area contributed by atoms with Gasteiger partial charge in [0.25, 0.3) is 0 Å². The molecule has 1 heteroatoms. The van der Waals surface area contributed by atoms with Gasteiger partial charge in [-0.25, -0.2) is 0 Å². The molecule has 1 nitrogen and oxygen atoms in total. The van der Waals surface area contributed by atoms with E-state index in [9.17, 15) is 0 Å². The first-order valence-corrected chi connectivity index (χ1v) is 6.09. The van der Waals surface area contributed by atoms with Crippen LogP contribution in [-0.4, -0.2) is 6.54 Å². The first kappa shape index (κ1) is 10.7. The fourth-order valence-corrected chi connectivity index (χ4v) is 2.51. The van der Waals surface area contributed by atoms with E-state index in [1.165, 1.54) is 36.9 Å². The third-order valence-corrected chi connectivity index (χ3v) is 3.53. The Balaban J connectivity index is 2.09. The lowest BCUT2D eigenvalue weighted by molar-refractivity contribution is 0.299. The van der Waals surface area contributed by atoms with E-state index in [0.717, 1.165) is 5.92 Å². The van der Waals surface area contributed by atoms with Crippen LogP contribution in [0.25, 0.3) is 0 Å². The molecule has 0 aliphatic carbocycles. The van der Waals surface area contributed by atoms with Gasteiger partial charge in [-0.2, -0.15) is 0 Å². The third-order valence-electron chi connectivity index (χ3n) is 3.53. The van der Waals surface area contributed by atoms with Crippen LogP contribution in [0.3, 0.4) is 0 Å². The van der Waals surface area contributed by atoms with Crippen molar-refractivity contribution in [1.29, 1.82) is 0 Å². The van der Waals surface area contributed by atoms with Gasteiger partial charge in [0.1, 0.15) is 0 Å². The second-order valence-corrected chi connectivity index (χ2v) is 4.72. The lowest BCUT2D eigenvalue weighted by Gasteiger charge is -2.30. The summed E-state index contributed by atoms with van der Waals surface area (Å²) in [5, 5.41) is 3.63. The number of aryl methyl sites for hydroxylation is 1. The zero-order chi connectivity index (χ0) is 10.7. The molecule has 2 unspecified atom stereocenters. The Hall–Kier alpha value is -0.820. The SMILES string of the molecule is CCC1CCNC(c2cccc(C)c2)C1. The number of rotatable bonds is 2. The molecule has 2 rings (SSSR count). The molecule has 1 N–H and O–H groups in total. The van der Waals surface area contributed by atoms with E-state index in [0.29, 0.717) is 6.04 Å². The maximum atomic E-state index is 3.63. The maximum Gasteiger partial charge on any atom is 0.0322 e. The molecular weight excluding hydrogens is 182 g/mol. The van der Waals surface area contributed by atoms with E-state index in [-0.39, 0.29) is 0 Å². The van der Waals surface area contributed by atoms with Crippen LogP contribution in [0, 0.1) is 12.8 Å². The summed E-state index contributed by atoms with van der Waals surface area (Å²) < 4.78 is 0. The number of piperidine rings is 1. The summed E-state index contributed by atoms with van der Waals surface area (Å²) in [6, 6.07) is 9.49. The molecule has 15 heavy (non-hydrogen) atoms. The van der Waals surface area contributed by atoms with Gasteiger partial charge < -0.3 is 5.32 Å². The second kappa shape index (κ2) is 4.80. The number of hydrogen-bond donors (Lipinski definition) is 1. The molecule has 0 spiro atoms. The van der Waals surface area contributed by atoms with Gasteiger partial charge in [-0.1, -0.05) is 43.2 Å². The van der Waals surface area contributed by atoms with E-state index >= 15 is 0 Å². The minimum atomic E-state index is 0.587. The van der Waals surface area contributed by atoms with Gasteiger partial charge in [0, 0.05) is 6.04 Å². The van der Waals surface area contributed by atoms with Crippen LogP contribution >= 0.6 is 0 Å². The van der Waals surface area contributed by atoms with E-state index in [1.54, 1.807) is 0 Å².